The van der Waals surface area contributed by atoms with Crippen molar-refractivity contribution in [2.45, 2.75) is 45.4 Å². The molecule has 0 fully saturated rings. The number of hydrogen-bond donors (Lipinski definition) is 1. The second kappa shape index (κ2) is 13.4. The number of rotatable bonds is 4. The zero-order valence-electron chi connectivity index (χ0n) is 21.4. The normalized spacial score (nSPS) is 15.3. The first-order valence-electron chi connectivity index (χ1n) is 12.0. The van der Waals surface area contributed by atoms with E-state index in [0.717, 1.165) is 16.8 Å². The Hall–Kier alpha value is -3.45. The van der Waals surface area contributed by atoms with Crippen LogP contribution in [0.5, 0.6) is 0 Å². The average molecular weight is 493 g/mol. The summed E-state index contributed by atoms with van der Waals surface area (Å²) in [6.07, 6.45) is 0. The summed E-state index contributed by atoms with van der Waals surface area (Å²) in [6, 6.07) is 26.5. The van der Waals surface area contributed by atoms with Gasteiger partial charge in [0.2, 0.25) is 5.96 Å². The molecule has 0 saturated heterocycles. The molecule has 0 aromatic heterocycles. The van der Waals surface area contributed by atoms with E-state index in [1.54, 1.807) is 42.4 Å². The Labute approximate surface area is 210 Å². The van der Waals surface area contributed by atoms with Gasteiger partial charge < -0.3 is 0 Å². The summed E-state index contributed by atoms with van der Waals surface area (Å²) in [6.45, 7) is 10.5. The van der Waals surface area contributed by atoms with E-state index in [2.05, 4.69) is 34.0 Å². The average Bonchev–Trinajstić information content (AvgIpc) is 3.36. The van der Waals surface area contributed by atoms with Gasteiger partial charge >= 0.3 is 0 Å². The van der Waals surface area contributed by atoms with Crippen LogP contribution in [0.15, 0.2) is 99.9 Å². The number of nitrogens with one attached hydrogen (secondary N) is 1. The Bertz CT molecular complexity index is 1210. The predicted octanol–water partition coefficient (Wildman–Crippen LogP) is 5.82. The zero-order valence-corrected chi connectivity index (χ0v) is 22.3. The number of benzene rings is 3. The molecule has 7 heteroatoms. The molecule has 0 radical (unpaired) electrons. The van der Waals surface area contributed by atoms with Crippen LogP contribution in [0.2, 0.25) is 0 Å². The molecule has 1 atom stereocenters. The van der Waals surface area contributed by atoms with Crippen molar-refractivity contribution < 1.29 is 8.42 Å². The number of aryl methyl sites for hydroxylation is 1. The van der Waals surface area contributed by atoms with Crippen molar-refractivity contribution in [1.29, 1.82) is 0 Å². The number of nitrogens with zero attached hydrogens (tertiary/aromatic N) is 3. The van der Waals surface area contributed by atoms with Gasteiger partial charge in [0.25, 0.3) is 10.0 Å². The standard InChI is InChI=1S/C24H24N4O2S.2C2H6/c1-18-13-15-20(16-14-18)23-22(19-9-5-3-6-10-19)17-28(26-23)24(25-2)27-31(29,30)21-11-7-4-8-12-21;2*1-2/h3-16,22H,17H2,1-2H3,(H,25,27);2*1-2H3. The first kappa shape index (κ1) is 27.8. The van der Waals surface area contributed by atoms with Crippen LogP contribution < -0.4 is 4.72 Å². The first-order chi connectivity index (χ1) is 17.0. The molecule has 1 unspecified atom stereocenters. The van der Waals surface area contributed by atoms with Gasteiger partial charge in [-0.15, -0.1) is 0 Å². The molecule has 0 saturated carbocycles. The smallest absolute Gasteiger partial charge is 0.254 e. The number of aliphatic imine (C=N–C) groups is 1. The van der Waals surface area contributed by atoms with E-state index in [1.807, 2.05) is 65.0 Å². The van der Waals surface area contributed by atoms with Gasteiger partial charge in [-0.2, -0.15) is 5.10 Å². The van der Waals surface area contributed by atoms with Gasteiger partial charge in [0, 0.05) is 13.0 Å². The lowest BCUT2D eigenvalue weighted by atomic mass is 9.90. The van der Waals surface area contributed by atoms with E-state index >= 15 is 0 Å². The predicted molar refractivity (Wildman–Crippen MR) is 146 cm³/mol. The highest BCUT2D eigenvalue weighted by molar-refractivity contribution is 7.90. The lowest BCUT2D eigenvalue weighted by Crippen LogP contribution is -2.41. The molecule has 4 rings (SSSR count). The third kappa shape index (κ3) is 7.02. The maximum Gasteiger partial charge on any atom is 0.264 e. The zero-order chi connectivity index (χ0) is 25.8. The number of hydrazone groups is 1. The monoisotopic (exact) mass is 492 g/mol. The molecule has 6 nitrogen and oxygen atoms in total. The quantitative estimate of drug-likeness (QED) is 0.369. The molecule has 1 aliphatic rings. The fourth-order valence-electron chi connectivity index (χ4n) is 3.56. The molecule has 186 valence electrons. The highest BCUT2D eigenvalue weighted by atomic mass is 32.2. The highest BCUT2D eigenvalue weighted by Crippen LogP contribution is 2.29. The Kier molecular flexibility index (Phi) is 10.7. The van der Waals surface area contributed by atoms with Gasteiger partial charge in [-0.3, -0.25) is 4.99 Å². The SMILES string of the molecule is CC.CC.CN=C(NS(=O)(=O)c1ccccc1)N1CC(c2ccccc2)C(c2ccc(C)cc2)=N1. The van der Waals surface area contributed by atoms with Crippen molar-refractivity contribution in [2.24, 2.45) is 10.1 Å². The number of guanidine groups is 1. The molecule has 0 aliphatic carbocycles. The van der Waals surface area contributed by atoms with Crippen molar-refractivity contribution in [3.05, 3.63) is 102 Å². The summed E-state index contributed by atoms with van der Waals surface area (Å²) in [7, 11) is -2.22. The van der Waals surface area contributed by atoms with Gasteiger partial charge in [0.05, 0.1) is 17.2 Å². The molecule has 0 bridgehead atoms. The van der Waals surface area contributed by atoms with Crippen LogP contribution in [-0.4, -0.2) is 38.7 Å². The molecule has 0 spiro atoms. The van der Waals surface area contributed by atoms with Gasteiger partial charge in [-0.1, -0.05) is 106 Å². The van der Waals surface area contributed by atoms with Crippen LogP contribution in [0.4, 0.5) is 0 Å². The van der Waals surface area contributed by atoms with Gasteiger partial charge in [-0.25, -0.2) is 18.1 Å². The minimum atomic E-state index is -3.77. The van der Waals surface area contributed by atoms with Crippen LogP contribution in [0, 0.1) is 6.92 Å². The minimum absolute atomic E-state index is 0.0121. The largest absolute Gasteiger partial charge is 0.264 e. The van der Waals surface area contributed by atoms with Crippen molar-refractivity contribution in [3.63, 3.8) is 0 Å². The lowest BCUT2D eigenvalue weighted by molar-refractivity contribution is 0.462. The molecular formula is C28H36N4O2S. The second-order valence-electron chi connectivity index (χ2n) is 7.36. The second-order valence-corrected chi connectivity index (χ2v) is 9.04. The minimum Gasteiger partial charge on any atom is -0.254 e. The Balaban J connectivity index is 0.00000103. The van der Waals surface area contributed by atoms with Crippen LogP contribution in [0.25, 0.3) is 0 Å². The Morgan fingerprint density at radius 2 is 1.43 bits per heavy atom. The first-order valence-corrected chi connectivity index (χ1v) is 13.5. The van der Waals surface area contributed by atoms with Gasteiger partial charge in [0.1, 0.15) is 0 Å². The van der Waals surface area contributed by atoms with E-state index in [4.69, 9.17) is 5.10 Å². The van der Waals surface area contributed by atoms with Crippen molar-refractivity contribution >= 4 is 21.7 Å². The van der Waals surface area contributed by atoms with E-state index in [9.17, 15) is 8.42 Å². The maximum atomic E-state index is 12.8. The molecule has 1 heterocycles. The fourth-order valence-corrected chi connectivity index (χ4v) is 4.63. The fraction of sp³-hybridized carbons (Fsp3) is 0.286. The van der Waals surface area contributed by atoms with E-state index in [0.29, 0.717) is 6.54 Å². The van der Waals surface area contributed by atoms with Crippen LogP contribution in [-0.2, 0) is 10.0 Å². The summed E-state index contributed by atoms with van der Waals surface area (Å²) in [5, 5.41) is 6.42. The molecule has 0 amide bonds. The number of sulfonamides is 1. The van der Waals surface area contributed by atoms with E-state index < -0.39 is 10.0 Å². The van der Waals surface area contributed by atoms with E-state index in [1.165, 1.54) is 5.56 Å². The summed E-state index contributed by atoms with van der Waals surface area (Å²) >= 11 is 0. The third-order valence-corrected chi connectivity index (χ3v) is 6.54. The summed E-state index contributed by atoms with van der Waals surface area (Å²) in [5.41, 5.74) is 4.17. The molecule has 1 N–H and O–H groups in total. The van der Waals surface area contributed by atoms with Gasteiger partial charge in [-0.05, 0) is 30.2 Å². The molecule has 1 aliphatic heterocycles. The number of hydrogen-bond acceptors (Lipinski definition) is 4. The Morgan fingerprint density at radius 3 is 1.97 bits per heavy atom. The molecule has 3 aromatic carbocycles. The van der Waals surface area contributed by atoms with E-state index in [-0.39, 0.29) is 16.8 Å². The van der Waals surface area contributed by atoms with Crippen LogP contribution >= 0.6 is 0 Å². The topological polar surface area (TPSA) is 74.1 Å². The third-order valence-electron chi connectivity index (χ3n) is 5.20. The van der Waals surface area contributed by atoms with Gasteiger partial charge in [0.15, 0.2) is 0 Å². The summed E-state index contributed by atoms with van der Waals surface area (Å²) in [5.74, 6) is 0.175. The molecular weight excluding hydrogens is 456 g/mol. The van der Waals surface area contributed by atoms with Crippen molar-refractivity contribution in [1.82, 2.24) is 9.73 Å². The van der Waals surface area contributed by atoms with Crippen molar-refractivity contribution in [3.8, 4) is 0 Å². The highest BCUT2D eigenvalue weighted by Gasteiger charge is 2.32. The summed E-state index contributed by atoms with van der Waals surface area (Å²) in [4.78, 5) is 4.37. The Morgan fingerprint density at radius 1 is 0.886 bits per heavy atom. The van der Waals surface area contributed by atoms with Crippen LogP contribution in [0.1, 0.15) is 50.3 Å². The van der Waals surface area contributed by atoms with Crippen molar-refractivity contribution in [2.75, 3.05) is 13.6 Å². The lowest BCUT2D eigenvalue weighted by Gasteiger charge is -2.19. The van der Waals surface area contributed by atoms with Crippen LogP contribution in [0.3, 0.4) is 0 Å². The molecule has 3 aromatic rings. The molecule has 35 heavy (non-hydrogen) atoms. The maximum absolute atomic E-state index is 12.8. The summed E-state index contributed by atoms with van der Waals surface area (Å²) < 4.78 is 28.3.